The van der Waals surface area contributed by atoms with Crippen LogP contribution in [0, 0.1) is 6.92 Å². The highest BCUT2D eigenvalue weighted by molar-refractivity contribution is 6.35. The number of benzene rings is 3. The number of rotatable bonds is 7. The van der Waals surface area contributed by atoms with E-state index >= 15 is 0 Å². The Bertz CT molecular complexity index is 1430. The normalized spacial score (nSPS) is 11.8. The Kier molecular flexibility index (Phi) is 7.91. The van der Waals surface area contributed by atoms with E-state index in [0.717, 1.165) is 5.56 Å². The highest BCUT2D eigenvalue weighted by atomic mass is 35.5. The Morgan fingerprint density at radius 2 is 1.50 bits per heavy atom. The van der Waals surface area contributed by atoms with Crippen molar-refractivity contribution < 1.29 is 14.7 Å². The van der Waals surface area contributed by atoms with E-state index in [2.05, 4.69) is 10.4 Å². The number of carbonyl (C=O) groups is 2. The minimum atomic E-state index is -1.18. The molecule has 184 valence electrons. The fraction of sp³-hybridized carbons (Fsp3) is 0.115. The van der Waals surface area contributed by atoms with Crippen molar-refractivity contribution in [1.29, 1.82) is 0 Å². The third-order valence-electron chi connectivity index (χ3n) is 5.55. The Balaban J connectivity index is 1.74. The Hall–Kier alpha value is -3.03. The van der Waals surface area contributed by atoms with Gasteiger partial charge in [-0.25, -0.2) is 9.48 Å². The van der Waals surface area contributed by atoms with Crippen LogP contribution in [0.25, 0.3) is 16.9 Å². The van der Waals surface area contributed by atoms with Crippen LogP contribution in [0.1, 0.15) is 21.6 Å². The van der Waals surface area contributed by atoms with E-state index in [4.69, 9.17) is 46.4 Å². The zero-order valence-corrected chi connectivity index (χ0v) is 21.8. The van der Waals surface area contributed by atoms with Crippen molar-refractivity contribution in [1.82, 2.24) is 15.1 Å². The van der Waals surface area contributed by atoms with Gasteiger partial charge in [0.15, 0.2) is 5.69 Å². The summed E-state index contributed by atoms with van der Waals surface area (Å²) >= 11 is 24.5. The first kappa shape index (κ1) is 26.0. The molecule has 0 radical (unpaired) electrons. The highest BCUT2D eigenvalue weighted by Gasteiger charge is 2.27. The van der Waals surface area contributed by atoms with E-state index in [1.54, 1.807) is 78.3 Å². The summed E-state index contributed by atoms with van der Waals surface area (Å²) in [6, 6.07) is 17.6. The molecule has 0 saturated carbocycles. The number of nitrogens with zero attached hydrogens (tertiary/aromatic N) is 2. The van der Waals surface area contributed by atoms with Gasteiger partial charge < -0.3 is 10.4 Å². The molecule has 10 heteroatoms. The number of carboxylic acids is 1. The van der Waals surface area contributed by atoms with Gasteiger partial charge in [0.25, 0.3) is 5.91 Å². The lowest BCUT2D eigenvalue weighted by Crippen LogP contribution is -2.42. The molecule has 3 aromatic carbocycles. The molecule has 0 aliphatic carbocycles. The molecule has 1 atom stereocenters. The van der Waals surface area contributed by atoms with Crippen molar-refractivity contribution >= 4 is 58.3 Å². The summed E-state index contributed by atoms with van der Waals surface area (Å²) in [6.07, 6.45) is 0.0745. The second kappa shape index (κ2) is 10.9. The monoisotopic (exact) mass is 561 g/mol. The SMILES string of the molecule is Cc1c(C(=O)N[C@H](Cc2ccc(Cl)cc2)C(=O)O)nn(-c2ccc(Cl)cc2Cl)c1-c1ccc(Cl)cc1. The average molecular weight is 563 g/mol. The van der Waals surface area contributed by atoms with Gasteiger partial charge in [0.05, 0.1) is 16.4 Å². The molecule has 2 N–H and O–H groups in total. The first-order chi connectivity index (χ1) is 17.1. The summed E-state index contributed by atoms with van der Waals surface area (Å²) in [5.74, 6) is -1.80. The molecule has 4 rings (SSSR count). The summed E-state index contributed by atoms with van der Waals surface area (Å²) in [5, 5.41) is 18.7. The minimum Gasteiger partial charge on any atom is -0.480 e. The van der Waals surface area contributed by atoms with E-state index in [1.807, 2.05) is 0 Å². The zero-order valence-electron chi connectivity index (χ0n) is 18.8. The van der Waals surface area contributed by atoms with E-state index in [1.165, 1.54) is 0 Å². The van der Waals surface area contributed by atoms with Gasteiger partial charge in [0, 0.05) is 32.6 Å². The topological polar surface area (TPSA) is 84.2 Å². The summed E-state index contributed by atoms with van der Waals surface area (Å²) in [4.78, 5) is 25.2. The molecule has 4 aromatic rings. The number of hydrogen-bond donors (Lipinski definition) is 2. The van der Waals surface area contributed by atoms with E-state index in [9.17, 15) is 14.7 Å². The molecule has 1 heterocycles. The molecule has 0 saturated heterocycles. The van der Waals surface area contributed by atoms with Gasteiger partial charge >= 0.3 is 5.97 Å². The second-order valence-electron chi connectivity index (χ2n) is 8.03. The van der Waals surface area contributed by atoms with Gasteiger partial charge in [-0.1, -0.05) is 70.7 Å². The van der Waals surface area contributed by atoms with Crippen LogP contribution in [0.2, 0.25) is 20.1 Å². The van der Waals surface area contributed by atoms with E-state index in [0.29, 0.717) is 42.6 Å². The van der Waals surface area contributed by atoms with Crippen molar-refractivity contribution in [2.75, 3.05) is 0 Å². The van der Waals surface area contributed by atoms with Gasteiger partial charge in [-0.15, -0.1) is 0 Å². The van der Waals surface area contributed by atoms with Gasteiger partial charge in [0.2, 0.25) is 0 Å². The van der Waals surface area contributed by atoms with Crippen molar-refractivity contribution in [2.45, 2.75) is 19.4 Å². The third kappa shape index (κ3) is 5.68. The predicted molar refractivity (Wildman–Crippen MR) is 143 cm³/mol. The summed E-state index contributed by atoms with van der Waals surface area (Å²) in [5.41, 5.74) is 3.16. The van der Waals surface area contributed by atoms with Crippen LogP contribution in [-0.2, 0) is 11.2 Å². The highest BCUT2D eigenvalue weighted by Crippen LogP contribution is 2.33. The van der Waals surface area contributed by atoms with Crippen LogP contribution in [0.3, 0.4) is 0 Å². The maximum atomic E-state index is 13.3. The number of aliphatic carboxylic acids is 1. The molecule has 0 spiro atoms. The predicted octanol–water partition coefficient (Wildman–Crippen LogP) is 6.89. The maximum absolute atomic E-state index is 13.3. The molecule has 0 unspecified atom stereocenters. The quantitative estimate of drug-likeness (QED) is 0.257. The number of halogens is 4. The van der Waals surface area contributed by atoms with Crippen LogP contribution in [0.15, 0.2) is 66.7 Å². The molecule has 6 nitrogen and oxygen atoms in total. The first-order valence-electron chi connectivity index (χ1n) is 10.7. The van der Waals surface area contributed by atoms with Gasteiger partial charge in [-0.2, -0.15) is 5.10 Å². The Labute approximate surface area is 227 Å². The maximum Gasteiger partial charge on any atom is 0.326 e. The van der Waals surface area contributed by atoms with E-state index in [-0.39, 0.29) is 12.1 Å². The fourth-order valence-electron chi connectivity index (χ4n) is 3.77. The molecule has 0 fully saturated rings. The molecular formula is C26H19Cl4N3O3. The standard InChI is InChI=1S/C26H19Cl4N3O3/c1-14-23(25(34)31-21(26(35)36)12-15-2-6-17(27)7-3-15)32-33(22-11-10-19(29)13-20(22)30)24(14)16-4-8-18(28)9-5-16/h2-11,13,21H,12H2,1H3,(H,31,34)(H,35,36)/t21-/m1/s1. The fourth-order valence-corrected chi connectivity index (χ4v) is 4.51. The third-order valence-corrected chi connectivity index (χ3v) is 6.59. The van der Waals surface area contributed by atoms with Crippen molar-refractivity contribution in [3.63, 3.8) is 0 Å². The summed E-state index contributed by atoms with van der Waals surface area (Å²) in [6.45, 7) is 1.74. The minimum absolute atomic E-state index is 0.0633. The average Bonchev–Trinajstić information content (AvgIpc) is 3.17. The molecule has 1 aromatic heterocycles. The lowest BCUT2D eigenvalue weighted by molar-refractivity contribution is -0.139. The van der Waals surface area contributed by atoms with Crippen molar-refractivity contribution in [3.8, 4) is 16.9 Å². The van der Waals surface area contributed by atoms with Gasteiger partial charge in [-0.05, 0) is 55.0 Å². The van der Waals surface area contributed by atoms with Crippen LogP contribution in [0.5, 0.6) is 0 Å². The number of carboxylic acid groups (broad SMARTS) is 1. The first-order valence-corrected chi connectivity index (χ1v) is 12.2. The number of hydrogen-bond acceptors (Lipinski definition) is 3. The zero-order chi connectivity index (χ0) is 26.0. The lowest BCUT2D eigenvalue weighted by atomic mass is 10.0. The van der Waals surface area contributed by atoms with Crippen LogP contribution in [-0.4, -0.2) is 32.8 Å². The van der Waals surface area contributed by atoms with Gasteiger partial charge in [0.1, 0.15) is 6.04 Å². The Morgan fingerprint density at radius 3 is 2.08 bits per heavy atom. The lowest BCUT2D eigenvalue weighted by Gasteiger charge is -2.14. The second-order valence-corrected chi connectivity index (χ2v) is 9.75. The smallest absolute Gasteiger partial charge is 0.326 e. The number of amides is 1. The molecular weight excluding hydrogens is 544 g/mol. The number of carbonyl (C=O) groups excluding carboxylic acids is 1. The molecule has 36 heavy (non-hydrogen) atoms. The molecule has 0 aliphatic rings. The van der Waals surface area contributed by atoms with Crippen LogP contribution in [0.4, 0.5) is 0 Å². The van der Waals surface area contributed by atoms with E-state index < -0.39 is 17.9 Å². The molecule has 0 bridgehead atoms. The number of aromatic nitrogens is 2. The summed E-state index contributed by atoms with van der Waals surface area (Å²) < 4.78 is 1.54. The van der Waals surface area contributed by atoms with Gasteiger partial charge in [-0.3, -0.25) is 4.79 Å². The molecule has 1 amide bonds. The summed E-state index contributed by atoms with van der Waals surface area (Å²) in [7, 11) is 0. The van der Waals surface area contributed by atoms with Crippen LogP contribution < -0.4 is 5.32 Å². The molecule has 0 aliphatic heterocycles. The Morgan fingerprint density at radius 1 is 0.917 bits per heavy atom. The van der Waals surface area contributed by atoms with Crippen molar-refractivity contribution in [3.05, 3.63) is 104 Å². The number of nitrogens with one attached hydrogen (secondary N) is 1. The van der Waals surface area contributed by atoms with Crippen molar-refractivity contribution in [2.24, 2.45) is 0 Å². The van der Waals surface area contributed by atoms with Crippen LogP contribution >= 0.6 is 46.4 Å². The largest absolute Gasteiger partial charge is 0.480 e.